The van der Waals surface area contributed by atoms with E-state index in [1.54, 1.807) is 24.3 Å². The quantitative estimate of drug-likeness (QED) is 0.791. The number of carbonyl (C=O) groups is 1. The second kappa shape index (κ2) is 7.55. The number of hydrogen-bond acceptors (Lipinski definition) is 5. The summed E-state index contributed by atoms with van der Waals surface area (Å²) in [4.78, 5) is 11.4. The Bertz CT molecular complexity index is 834. The molecule has 0 unspecified atom stereocenters. The van der Waals surface area contributed by atoms with Crippen LogP contribution in [0.4, 0.5) is 5.69 Å². The minimum atomic E-state index is -3.68. The summed E-state index contributed by atoms with van der Waals surface area (Å²) < 4.78 is 36.8. The number of methoxy groups -OCH3 is 2. The molecule has 128 valence electrons. The Morgan fingerprint density at radius 3 is 2.38 bits per heavy atom. The van der Waals surface area contributed by atoms with Crippen LogP contribution in [-0.4, -0.2) is 28.6 Å². The van der Waals surface area contributed by atoms with Gasteiger partial charge in [-0.1, -0.05) is 23.7 Å². The van der Waals surface area contributed by atoms with Crippen molar-refractivity contribution >= 4 is 33.3 Å². The van der Waals surface area contributed by atoms with Gasteiger partial charge in [0.1, 0.15) is 5.75 Å². The normalized spacial score (nSPS) is 11.0. The summed E-state index contributed by atoms with van der Waals surface area (Å²) in [5.41, 5.74) is 1.13. The summed E-state index contributed by atoms with van der Waals surface area (Å²) in [6.07, 6.45) is 0. The number of ether oxygens (including phenoxy) is 2. The van der Waals surface area contributed by atoms with Gasteiger partial charge in [-0.15, -0.1) is 0 Å². The molecule has 2 rings (SSSR count). The number of sulfonamides is 1. The molecule has 0 fully saturated rings. The van der Waals surface area contributed by atoms with Crippen LogP contribution in [0.25, 0.3) is 0 Å². The second-order valence-electron chi connectivity index (χ2n) is 4.89. The lowest BCUT2D eigenvalue weighted by Crippen LogP contribution is -2.15. The Hall–Kier alpha value is -2.25. The molecule has 0 heterocycles. The summed E-state index contributed by atoms with van der Waals surface area (Å²) >= 11 is 5.89. The van der Waals surface area contributed by atoms with Crippen LogP contribution >= 0.6 is 11.6 Å². The van der Waals surface area contributed by atoms with E-state index >= 15 is 0 Å². The molecule has 0 saturated carbocycles. The highest BCUT2D eigenvalue weighted by atomic mass is 35.5. The third-order valence-corrected chi connectivity index (χ3v) is 4.64. The molecule has 0 bridgehead atoms. The van der Waals surface area contributed by atoms with Crippen molar-refractivity contribution in [3.05, 3.63) is 58.6 Å². The lowest BCUT2D eigenvalue weighted by atomic mass is 10.1. The molecule has 0 aliphatic carbocycles. The number of carbonyl (C=O) groups excluding carboxylic acids is 1. The van der Waals surface area contributed by atoms with Gasteiger partial charge in [0.25, 0.3) is 0 Å². The van der Waals surface area contributed by atoms with E-state index in [-0.39, 0.29) is 11.4 Å². The Morgan fingerprint density at radius 2 is 1.79 bits per heavy atom. The average molecular weight is 370 g/mol. The standard InChI is InChI=1S/C16H16ClNO5S/c1-22-15-8-7-13(17)9-14(15)18-24(20,21)10-11-3-5-12(6-4-11)16(19)23-2/h3-9,18H,10H2,1-2H3. The highest BCUT2D eigenvalue weighted by Gasteiger charge is 2.15. The molecule has 8 heteroatoms. The van der Waals surface area contributed by atoms with Gasteiger partial charge in [0.2, 0.25) is 10.0 Å². The Balaban J connectivity index is 2.17. The van der Waals surface area contributed by atoms with Crippen molar-refractivity contribution in [2.45, 2.75) is 5.75 Å². The molecule has 6 nitrogen and oxygen atoms in total. The highest BCUT2D eigenvalue weighted by molar-refractivity contribution is 7.91. The maximum Gasteiger partial charge on any atom is 0.337 e. The topological polar surface area (TPSA) is 81.7 Å². The smallest absolute Gasteiger partial charge is 0.337 e. The van der Waals surface area contributed by atoms with E-state index in [1.807, 2.05) is 0 Å². The molecule has 0 spiro atoms. The van der Waals surface area contributed by atoms with Crippen molar-refractivity contribution in [3.8, 4) is 5.75 Å². The van der Waals surface area contributed by atoms with Gasteiger partial charge in [-0.3, -0.25) is 4.72 Å². The zero-order valence-corrected chi connectivity index (χ0v) is 14.6. The first-order chi connectivity index (χ1) is 11.3. The van der Waals surface area contributed by atoms with Crippen LogP contribution in [0.3, 0.4) is 0 Å². The summed E-state index contributed by atoms with van der Waals surface area (Å²) in [5.74, 6) is -0.375. The fourth-order valence-corrected chi connectivity index (χ4v) is 3.41. The number of halogens is 1. The first kappa shape index (κ1) is 18.1. The van der Waals surface area contributed by atoms with Crippen molar-refractivity contribution in [3.63, 3.8) is 0 Å². The molecular weight excluding hydrogens is 354 g/mol. The van der Waals surface area contributed by atoms with Crippen molar-refractivity contribution in [2.24, 2.45) is 0 Å². The molecule has 0 aromatic heterocycles. The van der Waals surface area contributed by atoms with Crippen LogP contribution in [0.2, 0.25) is 5.02 Å². The van der Waals surface area contributed by atoms with Gasteiger partial charge >= 0.3 is 5.97 Å². The first-order valence-corrected chi connectivity index (χ1v) is 8.89. The number of nitrogens with one attached hydrogen (secondary N) is 1. The predicted molar refractivity (Wildman–Crippen MR) is 92.0 cm³/mol. The molecular formula is C16H16ClNO5S. The molecule has 0 aliphatic rings. The van der Waals surface area contributed by atoms with Crippen LogP contribution in [0, 0.1) is 0 Å². The summed E-state index contributed by atoms with van der Waals surface area (Å²) in [7, 11) is -0.963. The van der Waals surface area contributed by atoms with Gasteiger partial charge < -0.3 is 9.47 Å². The van der Waals surface area contributed by atoms with Crippen LogP contribution in [0.1, 0.15) is 15.9 Å². The maximum absolute atomic E-state index is 12.3. The largest absolute Gasteiger partial charge is 0.495 e. The van der Waals surface area contributed by atoms with E-state index in [1.165, 1.54) is 32.4 Å². The number of hydrogen-bond donors (Lipinski definition) is 1. The van der Waals surface area contributed by atoms with Crippen LogP contribution < -0.4 is 9.46 Å². The first-order valence-electron chi connectivity index (χ1n) is 6.86. The second-order valence-corrected chi connectivity index (χ2v) is 7.05. The molecule has 0 atom stereocenters. The predicted octanol–water partition coefficient (Wildman–Crippen LogP) is 3.08. The van der Waals surface area contributed by atoms with Crippen molar-refractivity contribution in [2.75, 3.05) is 18.9 Å². The third-order valence-electron chi connectivity index (χ3n) is 3.16. The van der Waals surface area contributed by atoms with Gasteiger partial charge in [0.05, 0.1) is 31.2 Å². The van der Waals surface area contributed by atoms with Crippen LogP contribution in [0.5, 0.6) is 5.75 Å². The Morgan fingerprint density at radius 1 is 1.12 bits per heavy atom. The molecule has 1 N–H and O–H groups in total. The van der Waals surface area contributed by atoms with Gasteiger partial charge in [0, 0.05) is 5.02 Å². The fraction of sp³-hybridized carbons (Fsp3) is 0.188. The average Bonchev–Trinajstić information content (AvgIpc) is 2.54. The van der Waals surface area contributed by atoms with Crippen molar-refractivity contribution < 1.29 is 22.7 Å². The van der Waals surface area contributed by atoms with Crippen LogP contribution in [-0.2, 0) is 20.5 Å². The van der Waals surface area contributed by atoms with E-state index in [0.717, 1.165) is 0 Å². The lowest BCUT2D eigenvalue weighted by Gasteiger charge is -2.12. The highest BCUT2D eigenvalue weighted by Crippen LogP contribution is 2.29. The summed E-state index contributed by atoms with van der Waals surface area (Å²) in [6.45, 7) is 0. The fourth-order valence-electron chi connectivity index (χ4n) is 2.04. The Labute approximate surface area is 145 Å². The SMILES string of the molecule is COC(=O)c1ccc(CS(=O)(=O)Nc2cc(Cl)ccc2OC)cc1. The monoisotopic (exact) mass is 369 g/mol. The molecule has 2 aromatic carbocycles. The van der Waals surface area contributed by atoms with E-state index in [9.17, 15) is 13.2 Å². The minimum Gasteiger partial charge on any atom is -0.495 e. The zero-order valence-electron chi connectivity index (χ0n) is 13.1. The molecule has 0 saturated heterocycles. The number of anilines is 1. The minimum absolute atomic E-state index is 0.260. The lowest BCUT2D eigenvalue weighted by molar-refractivity contribution is 0.0600. The van der Waals surface area contributed by atoms with E-state index in [0.29, 0.717) is 21.9 Å². The molecule has 2 aromatic rings. The number of benzene rings is 2. The zero-order chi connectivity index (χ0) is 17.7. The third kappa shape index (κ3) is 4.62. The van der Waals surface area contributed by atoms with Crippen LogP contribution in [0.15, 0.2) is 42.5 Å². The molecule has 0 radical (unpaired) electrons. The maximum atomic E-state index is 12.3. The number of esters is 1. The van der Waals surface area contributed by atoms with Gasteiger partial charge in [-0.2, -0.15) is 0 Å². The van der Waals surface area contributed by atoms with E-state index in [4.69, 9.17) is 16.3 Å². The molecule has 24 heavy (non-hydrogen) atoms. The van der Waals surface area contributed by atoms with Crippen molar-refractivity contribution in [1.29, 1.82) is 0 Å². The van der Waals surface area contributed by atoms with Gasteiger partial charge in [-0.05, 0) is 35.9 Å². The molecule has 0 aliphatic heterocycles. The van der Waals surface area contributed by atoms with E-state index < -0.39 is 16.0 Å². The molecule has 0 amide bonds. The van der Waals surface area contributed by atoms with Crippen molar-refractivity contribution in [1.82, 2.24) is 0 Å². The van der Waals surface area contributed by atoms with E-state index in [2.05, 4.69) is 9.46 Å². The van der Waals surface area contributed by atoms with Gasteiger partial charge in [-0.25, -0.2) is 13.2 Å². The number of rotatable bonds is 6. The summed E-state index contributed by atoms with van der Waals surface area (Å²) in [6, 6.07) is 10.8. The summed E-state index contributed by atoms with van der Waals surface area (Å²) in [5, 5.41) is 0.385. The van der Waals surface area contributed by atoms with Gasteiger partial charge in [0.15, 0.2) is 0 Å². The Kier molecular flexibility index (Phi) is 5.69.